The Bertz CT molecular complexity index is 369. The van der Waals surface area contributed by atoms with Crippen LogP contribution in [0.5, 0.6) is 0 Å². The summed E-state index contributed by atoms with van der Waals surface area (Å²) in [4.78, 5) is 14.1. The predicted octanol–water partition coefficient (Wildman–Crippen LogP) is 0.679. The third-order valence-electron chi connectivity index (χ3n) is 2.87. The summed E-state index contributed by atoms with van der Waals surface area (Å²) < 4.78 is 1.74. The molecule has 0 saturated heterocycles. The first-order valence-corrected chi connectivity index (χ1v) is 6.00. The van der Waals surface area contributed by atoms with Gasteiger partial charge < -0.3 is 20.5 Å². The third-order valence-corrected chi connectivity index (χ3v) is 2.87. The number of amides is 1. The lowest BCUT2D eigenvalue weighted by Gasteiger charge is -2.17. The van der Waals surface area contributed by atoms with Crippen LogP contribution in [0.1, 0.15) is 24.3 Å². The van der Waals surface area contributed by atoms with E-state index in [0.29, 0.717) is 17.9 Å². The van der Waals surface area contributed by atoms with Crippen LogP contribution in [0.15, 0.2) is 12.3 Å². The molecule has 0 aliphatic rings. The van der Waals surface area contributed by atoms with Gasteiger partial charge in [0.05, 0.1) is 5.69 Å². The highest BCUT2D eigenvalue weighted by atomic mass is 16.1. The van der Waals surface area contributed by atoms with Crippen LogP contribution in [0.25, 0.3) is 0 Å². The number of carbonyl (C=O) groups excluding carboxylic acids is 1. The van der Waals surface area contributed by atoms with Gasteiger partial charge in [0.1, 0.15) is 5.69 Å². The number of hydrogen-bond donors (Lipinski definition) is 2. The molecule has 0 aliphatic heterocycles. The van der Waals surface area contributed by atoms with Crippen molar-refractivity contribution in [2.45, 2.75) is 13.8 Å². The van der Waals surface area contributed by atoms with Crippen LogP contribution >= 0.6 is 0 Å². The molecule has 1 aromatic rings. The normalized spacial score (nSPS) is 10.8. The molecule has 1 aromatic heterocycles. The number of anilines is 1. The fourth-order valence-corrected chi connectivity index (χ4v) is 1.77. The highest BCUT2D eigenvalue weighted by molar-refractivity contribution is 5.93. The van der Waals surface area contributed by atoms with Gasteiger partial charge in [0, 0.05) is 26.3 Å². The molecule has 0 atom stereocenters. The van der Waals surface area contributed by atoms with E-state index >= 15 is 0 Å². The van der Waals surface area contributed by atoms with Gasteiger partial charge in [-0.1, -0.05) is 13.8 Å². The fraction of sp³-hybridized carbons (Fsp3) is 0.583. The minimum atomic E-state index is -0.0728. The topological polar surface area (TPSA) is 63.3 Å². The van der Waals surface area contributed by atoms with Crippen molar-refractivity contribution >= 4 is 11.6 Å². The monoisotopic (exact) mass is 238 g/mol. The van der Waals surface area contributed by atoms with Crippen molar-refractivity contribution in [3.05, 3.63) is 18.0 Å². The van der Waals surface area contributed by atoms with E-state index in [1.807, 2.05) is 7.05 Å². The van der Waals surface area contributed by atoms with E-state index < -0.39 is 0 Å². The maximum atomic E-state index is 11.8. The Morgan fingerprint density at radius 3 is 2.59 bits per heavy atom. The summed E-state index contributed by atoms with van der Waals surface area (Å²) in [5, 5.41) is 2.90. The van der Waals surface area contributed by atoms with Crippen molar-refractivity contribution in [1.82, 2.24) is 14.8 Å². The molecule has 5 nitrogen and oxygen atoms in total. The Morgan fingerprint density at radius 1 is 1.47 bits per heavy atom. The lowest BCUT2D eigenvalue weighted by molar-refractivity contribution is 0.0941. The quantitative estimate of drug-likeness (QED) is 0.766. The van der Waals surface area contributed by atoms with E-state index in [2.05, 4.69) is 24.1 Å². The molecule has 5 heteroatoms. The molecule has 0 aliphatic carbocycles. The van der Waals surface area contributed by atoms with Gasteiger partial charge in [-0.2, -0.15) is 0 Å². The molecule has 0 bridgehead atoms. The minimum Gasteiger partial charge on any atom is -0.397 e. The summed E-state index contributed by atoms with van der Waals surface area (Å²) in [6.07, 6.45) is 1.74. The molecule has 0 radical (unpaired) electrons. The first-order valence-electron chi connectivity index (χ1n) is 6.00. The molecule has 1 heterocycles. The molecule has 0 spiro atoms. The van der Waals surface area contributed by atoms with Crippen molar-refractivity contribution in [2.24, 2.45) is 7.05 Å². The number of aromatic nitrogens is 1. The summed E-state index contributed by atoms with van der Waals surface area (Å²) in [5.74, 6) is -0.0728. The van der Waals surface area contributed by atoms with Crippen LogP contribution in [0.4, 0.5) is 5.69 Å². The van der Waals surface area contributed by atoms with Crippen LogP contribution in [-0.2, 0) is 7.05 Å². The number of rotatable bonds is 6. The molecule has 3 N–H and O–H groups in total. The molecular weight excluding hydrogens is 216 g/mol. The molecule has 0 saturated carbocycles. The lowest BCUT2D eigenvalue weighted by Crippen LogP contribution is -2.35. The summed E-state index contributed by atoms with van der Waals surface area (Å²) in [5.41, 5.74) is 6.84. The number of carbonyl (C=O) groups is 1. The van der Waals surface area contributed by atoms with Crippen LogP contribution in [0.3, 0.4) is 0 Å². The Kier molecular flexibility index (Phi) is 5.03. The number of nitrogen functional groups attached to an aromatic ring is 1. The zero-order chi connectivity index (χ0) is 12.8. The predicted molar refractivity (Wildman–Crippen MR) is 69.9 cm³/mol. The number of likely N-dealkylation sites (N-methyl/N-ethyl adjacent to an activating group) is 1. The zero-order valence-electron chi connectivity index (χ0n) is 10.9. The smallest absolute Gasteiger partial charge is 0.268 e. The van der Waals surface area contributed by atoms with Gasteiger partial charge >= 0.3 is 0 Å². The molecule has 17 heavy (non-hydrogen) atoms. The van der Waals surface area contributed by atoms with Gasteiger partial charge in [-0.05, 0) is 19.2 Å². The Hall–Kier alpha value is -1.49. The van der Waals surface area contributed by atoms with E-state index in [-0.39, 0.29) is 5.91 Å². The molecular formula is C12H22N4O. The van der Waals surface area contributed by atoms with Crippen LogP contribution in [0, 0.1) is 0 Å². The zero-order valence-corrected chi connectivity index (χ0v) is 10.9. The first-order chi connectivity index (χ1) is 8.08. The molecule has 96 valence electrons. The number of nitrogens with zero attached hydrogens (tertiary/aromatic N) is 2. The molecule has 0 aromatic carbocycles. The number of nitrogens with two attached hydrogens (primary N) is 1. The van der Waals surface area contributed by atoms with Crippen molar-refractivity contribution in [3.63, 3.8) is 0 Å². The van der Waals surface area contributed by atoms with Crippen molar-refractivity contribution in [2.75, 3.05) is 31.9 Å². The first kappa shape index (κ1) is 13.6. The maximum Gasteiger partial charge on any atom is 0.268 e. The summed E-state index contributed by atoms with van der Waals surface area (Å²) in [6, 6.07) is 1.69. The van der Waals surface area contributed by atoms with Crippen LogP contribution in [-0.4, -0.2) is 41.6 Å². The number of hydrogen-bond acceptors (Lipinski definition) is 3. The Morgan fingerprint density at radius 2 is 2.12 bits per heavy atom. The summed E-state index contributed by atoms with van der Waals surface area (Å²) >= 11 is 0. The van der Waals surface area contributed by atoms with Gasteiger partial charge in [0.25, 0.3) is 5.91 Å². The average molecular weight is 238 g/mol. The van der Waals surface area contributed by atoms with Gasteiger partial charge in [0.2, 0.25) is 0 Å². The second kappa shape index (κ2) is 6.30. The molecule has 0 unspecified atom stereocenters. The number of aryl methyl sites for hydroxylation is 1. The van der Waals surface area contributed by atoms with Crippen molar-refractivity contribution in [3.8, 4) is 0 Å². The second-order valence-corrected chi connectivity index (χ2v) is 4.05. The largest absolute Gasteiger partial charge is 0.397 e. The van der Waals surface area contributed by atoms with E-state index in [4.69, 9.17) is 5.73 Å². The van der Waals surface area contributed by atoms with Gasteiger partial charge in [-0.3, -0.25) is 4.79 Å². The SMILES string of the molecule is CCN(CC)CCNC(=O)c1cc(N)cn1C. The Labute approximate surface area is 103 Å². The summed E-state index contributed by atoms with van der Waals surface area (Å²) in [6.45, 7) is 7.77. The van der Waals surface area contributed by atoms with Crippen LogP contribution in [0.2, 0.25) is 0 Å². The van der Waals surface area contributed by atoms with Crippen molar-refractivity contribution in [1.29, 1.82) is 0 Å². The van der Waals surface area contributed by atoms with Gasteiger partial charge in [0.15, 0.2) is 0 Å². The van der Waals surface area contributed by atoms with Crippen LogP contribution < -0.4 is 11.1 Å². The maximum absolute atomic E-state index is 11.8. The average Bonchev–Trinajstić information content (AvgIpc) is 2.64. The van der Waals surface area contributed by atoms with E-state index in [1.165, 1.54) is 0 Å². The minimum absolute atomic E-state index is 0.0728. The standard InChI is InChI=1S/C12H22N4O/c1-4-16(5-2)7-6-14-12(17)11-8-10(13)9-15(11)3/h8-9H,4-7,13H2,1-3H3,(H,14,17). The Balaban J connectivity index is 2.42. The van der Waals surface area contributed by atoms with Crippen molar-refractivity contribution < 1.29 is 4.79 Å². The van der Waals surface area contributed by atoms with E-state index in [1.54, 1.807) is 16.8 Å². The highest BCUT2D eigenvalue weighted by Crippen LogP contribution is 2.07. The highest BCUT2D eigenvalue weighted by Gasteiger charge is 2.10. The fourth-order valence-electron chi connectivity index (χ4n) is 1.77. The summed E-state index contributed by atoms with van der Waals surface area (Å²) in [7, 11) is 1.82. The van der Waals surface area contributed by atoms with Gasteiger partial charge in [-0.25, -0.2) is 0 Å². The van der Waals surface area contributed by atoms with E-state index in [9.17, 15) is 4.79 Å². The molecule has 1 rings (SSSR count). The van der Waals surface area contributed by atoms with E-state index in [0.717, 1.165) is 19.6 Å². The third kappa shape index (κ3) is 3.78. The molecule has 1 amide bonds. The molecule has 0 fully saturated rings. The number of nitrogens with one attached hydrogen (secondary N) is 1. The second-order valence-electron chi connectivity index (χ2n) is 4.05. The lowest BCUT2D eigenvalue weighted by atomic mass is 10.3. The van der Waals surface area contributed by atoms with Gasteiger partial charge in [-0.15, -0.1) is 0 Å².